The third-order valence-corrected chi connectivity index (χ3v) is 6.01. The third kappa shape index (κ3) is 5.59. The first-order chi connectivity index (χ1) is 11.1. The Morgan fingerprint density at radius 1 is 1.04 bits per heavy atom. The highest BCUT2D eigenvalue weighted by Crippen LogP contribution is 2.31. The van der Waals surface area contributed by atoms with Gasteiger partial charge in [0.2, 0.25) is 0 Å². The quantitative estimate of drug-likeness (QED) is 0.689. The molecular formula is C19H32N2OS. The van der Waals surface area contributed by atoms with Gasteiger partial charge in [-0.2, -0.15) is 0 Å². The fraction of sp³-hybridized carbons (Fsp3) is 0.737. The van der Waals surface area contributed by atoms with Crippen molar-refractivity contribution in [1.29, 1.82) is 0 Å². The van der Waals surface area contributed by atoms with E-state index in [-0.39, 0.29) is 6.03 Å². The number of carbonyl (C=O) groups is 1. The van der Waals surface area contributed by atoms with Gasteiger partial charge in [0, 0.05) is 12.1 Å². The molecule has 2 aliphatic carbocycles. The van der Waals surface area contributed by atoms with Crippen LogP contribution in [0.5, 0.6) is 0 Å². The number of allylic oxidation sites excluding steroid dienone is 2. The van der Waals surface area contributed by atoms with Crippen molar-refractivity contribution in [2.45, 2.75) is 90.1 Å². The molecular weight excluding hydrogens is 304 g/mol. The topological polar surface area (TPSA) is 32.3 Å². The van der Waals surface area contributed by atoms with Gasteiger partial charge in [-0.3, -0.25) is 0 Å². The molecule has 0 aromatic rings. The van der Waals surface area contributed by atoms with E-state index in [2.05, 4.69) is 16.8 Å². The largest absolute Gasteiger partial charge is 0.322 e. The van der Waals surface area contributed by atoms with E-state index in [9.17, 15) is 4.79 Å². The molecule has 2 amide bonds. The minimum absolute atomic E-state index is 0.0743. The fourth-order valence-electron chi connectivity index (χ4n) is 3.81. The standard InChI is InChI=1S/C19H32N2OS/c1-4-15(2)23-16(3)20-19(22)21(17-11-7-5-8-12-17)18-13-9-6-10-14-18/h4,17-18H,3,5-14H2,1-2H3,(H,20,22)/b15-4-. The zero-order valence-corrected chi connectivity index (χ0v) is 15.6. The SMILES string of the molecule is C=C(NC(=O)N(C1CCCCC1)C1CCCCC1)S/C(C)=C\C. The van der Waals surface area contributed by atoms with E-state index < -0.39 is 0 Å². The average molecular weight is 337 g/mol. The summed E-state index contributed by atoms with van der Waals surface area (Å²) in [6, 6.07) is 0.921. The highest BCUT2D eigenvalue weighted by atomic mass is 32.2. The van der Waals surface area contributed by atoms with Crippen LogP contribution in [0.2, 0.25) is 0 Å². The van der Waals surface area contributed by atoms with Crippen molar-refractivity contribution in [2.75, 3.05) is 0 Å². The number of urea groups is 1. The number of carbonyl (C=O) groups excluding carboxylic acids is 1. The van der Waals surface area contributed by atoms with Crippen LogP contribution in [0.4, 0.5) is 4.79 Å². The lowest BCUT2D eigenvalue weighted by Gasteiger charge is -2.41. The molecule has 4 heteroatoms. The minimum atomic E-state index is 0.0743. The summed E-state index contributed by atoms with van der Waals surface area (Å²) in [4.78, 5) is 16.3. The summed E-state index contributed by atoms with van der Waals surface area (Å²) in [6.45, 7) is 8.07. The van der Waals surface area contributed by atoms with E-state index in [1.54, 1.807) is 11.8 Å². The molecule has 23 heavy (non-hydrogen) atoms. The van der Waals surface area contributed by atoms with Gasteiger partial charge in [0.25, 0.3) is 0 Å². The molecule has 2 fully saturated rings. The number of thioether (sulfide) groups is 1. The predicted octanol–water partition coefficient (Wildman–Crippen LogP) is 5.79. The van der Waals surface area contributed by atoms with Gasteiger partial charge in [0.05, 0.1) is 5.03 Å². The number of hydrogen-bond donors (Lipinski definition) is 1. The lowest BCUT2D eigenvalue weighted by Crippen LogP contribution is -2.52. The van der Waals surface area contributed by atoms with Crippen LogP contribution in [-0.4, -0.2) is 23.0 Å². The molecule has 0 unspecified atom stereocenters. The molecule has 2 rings (SSSR count). The summed E-state index contributed by atoms with van der Waals surface area (Å²) in [5.74, 6) is 0. The monoisotopic (exact) mass is 336 g/mol. The highest BCUT2D eigenvalue weighted by Gasteiger charge is 2.32. The second-order valence-corrected chi connectivity index (χ2v) is 8.19. The van der Waals surface area contributed by atoms with Crippen molar-refractivity contribution in [3.8, 4) is 0 Å². The molecule has 0 aliphatic heterocycles. The second kappa shape index (κ2) is 9.41. The lowest BCUT2D eigenvalue weighted by molar-refractivity contribution is 0.107. The van der Waals surface area contributed by atoms with Crippen LogP contribution in [-0.2, 0) is 0 Å². The van der Waals surface area contributed by atoms with E-state index in [4.69, 9.17) is 0 Å². The van der Waals surface area contributed by atoms with Gasteiger partial charge in [0.1, 0.15) is 0 Å². The van der Waals surface area contributed by atoms with Gasteiger partial charge in [-0.25, -0.2) is 4.79 Å². The van der Waals surface area contributed by atoms with E-state index in [0.717, 1.165) is 35.6 Å². The lowest BCUT2D eigenvalue weighted by atomic mass is 9.89. The molecule has 0 atom stereocenters. The molecule has 130 valence electrons. The molecule has 0 radical (unpaired) electrons. The van der Waals surface area contributed by atoms with Crippen molar-refractivity contribution in [3.05, 3.63) is 22.6 Å². The number of rotatable bonds is 5. The van der Waals surface area contributed by atoms with E-state index in [0.29, 0.717) is 12.1 Å². The summed E-state index contributed by atoms with van der Waals surface area (Å²) in [6.07, 6.45) is 14.4. The van der Waals surface area contributed by atoms with Crippen LogP contribution in [0, 0.1) is 0 Å². The van der Waals surface area contributed by atoms with Gasteiger partial charge < -0.3 is 10.2 Å². The Labute approximate surface area is 146 Å². The van der Waals surface area contributed by atoms with Crippen LogP contribution in [0.15, 0.2) is 22.6 Å². The maximum Gasteiger partial charge on any atom is 0.322 e. The fourth-order valence-corrected chi connectivity index (χ4v) is 4.46. The van der Waals surface area contributed by atoms with Crippen LogP contribution in [0.1, 0.15) is 78.1 Å². The first-order valence-corrected chi connectivity index (χ1v) is 10.0. The number of amides is 2. The van der Waals surface area contributed by atoms with Crippen LogP contribution in [0.3, 0.4) is 0 Å². The Morgan fingerprint density at radius 3 is 1.96 bits per heavy atom. The molecule has 0 spiro atoms. The average Bonchev–Trinajstić information content (AvgIpc) is 2.56. The molecule has 0 saturated heterocycles. The maximum atomic E-state index is 12.9. The molecule has 0 aromatic carbocycles. The smallest absolute Gasteiger partial charge is 0.319 e. The molecule has 2 aliphatic rings. The molecule has 3 nitrogen and oxygen atoms in total. The van der Waals surface area contributed by atoms with Crippen LogP contribution in [0.25, 0.3) is 0 Å². The summed E-state index contributed by atoms with van der Waals surface area (Å²) in [5.41, 5.74) is 0. The molecule has 0 bridgehead atoms. The van der Waals surface area contributed by atoms with Gasteiger partial charge in [-0.05, 0) is 44.4 Å². The Kier molecular flexibility index (Phi) is 7.54. The van der Waals surface area contributed by atoms with Gasteiger partial charge in [-0.15, -0.1) is 0 Å². The Balaban J connectivity index is 2.02. The summed E-state index contributed by atoms with van der Waals surface area (Å²) in [7, 11) is 0. The number of nitrogens with zero attached hydrogens (tertiary/aromatic N) is 1. The Bertz CT molecular complexity index is 417. The first-order valence-electron chi connectivity index (χ1n) is 9.20. The van der Waals surface area contributed by atoms with Crippen molar-refractivity contribution in [2.24, 2.45) is 0 Å². The first kappa shape index (κ1) is 18.4. The third-order valence-electron chi connectivity index (χ3n) is 5.11. The van der Waals surface area contributed by atoms with Crippen LogP contribution < -0.4 is 5.32 Å². The zero-order chi connectivity index (χ0) is 16.7. The maximum absolute atomic E-state index is 12.9. The summed E-state index contributed by atoms with van der Waals surface area (Å²) >= 11 is 1.55. The highest BCUT2D eigenvalue weighted by molar-refractivity contribution is 8.06. The van der Waals surface area contributed by atoms with Crippen molar-refractivity contribution >= 4 is 17.8 Å². The predicted molar refractivity (Wildman–Crippen MR) is 100 cm³/mol. The zero-order valence-electron chi connectivity index (χ0n) is 14.8. The second-order valence-electron chi connectivity index (χ2n) is 6.85. The van der Waals surface area contributed by atoms with E-state index in [1.165, 1.54) is 38.5 Å². The minimum Gasteiger partial charge on any atom is -0.319 e. The Morgan fingerprint density at radius 2 is 1.52 bits per heavy atom. The number of hydrogen-bond acceptors (Lipinski definition) is 2. The van der Waals surface area contributed by atoms with Crippen molar-refractivity contribution in [3.63, 3.8) is 0 Å². The van der Waals surface area contributed by atoms with Crippen LogP contribution >= 0.6 is 11.8 Å². The number of nitrogens with one attached hydrogen (secondary N) is 1. The van der Waals surface area contributed by atoms with Gasteiger partial charge >= 0.3 is 6.03 Å². The normalized spacial score (nSPS) is 21.0. The van der Waals surface area contributed by atoms with Gasteiger partial charge in [-0.1, -0.05) is 62.9 Å². The van der Waals surface area contributed by atoms with E-state index >= 15 is 0 Å². The Hall–Kier alpha value is -0.900. The van der Waals surface area contributed by atoms with E-state index in [1.807, 2.05) is 19.9 Å². The molecule has 1 N–H and O–H groups in total. The molecule has 2 saturated carbocycles. The van der Waals surface area contributed by atoms with Gasteiger partial charge in [0.15, 0.2) is 0 Å². The summed E-state index contributed by atoms with van der Waals surface area (Å²) < 4.78 is 0. The van der Waals surface area contributed by atoms with Crippen molar-refractivity contribution in [1.82, 2.24) is 10.2 Å². The van der Waals surface area contributed by atoms with Crippen molar-refractivity contribution < 1.29 is 4.79 Å². The molecule has 0 heterocycles. The summed E-state index contributed by atoms with van der Waals surface area (Å²) in [5, 5.41) is 3.79. The molecule has 0 aromatic heterocycles.